The van der Waals surface area contributed by atoms with Crippen LogP contribution in [0.3, 0.4) is 0 Å². The first-order valence-electron chi connectivity index (χ1n) is 7.89. The molecule has 3 aromatic rings. The monoisotopic (exact) mass is 323 g/mol. The van der Waals surface area contributed by atoms with Crippen molar-refractivity contribution in [2.75, 3.05) is 6.54 Å². The van der Waals surface area contributed by atoms with Crippen LogP contribution in [0.4, 0.5) is 0 Å². The Morgan fingerprint density at radius 3 is 2.79 bits per heavy atom. The fourth-order valence-electron chi connectivity index (χ4n) is 3.24. The number of fused-ring (bicyclic) bond motifs is 2. The van der Waals surface area contributed by atoms with Gasteiger partial charge in [0.25, 0.3) is 5.91 Å². The third-order valence-electron chi connectivity index (χ3n) is 4.50. The lowest BCUT2D eigenvalue weighted by Crippen LogP contribution is -2.30. The third kappa shape index (κ3) is 2.51. The first kappa shape index (κ1) is 14.7. The van der Waals surface area contributed by atoms with Crippen molar-refractivity contribution >= 4 is 16.9 Å². The number of nitrogens with zero attached hydrogens (tertiary/aromatic N) is 1. The number of aliphatic hydroxyl groups excluding tert-OH is 1. The van der Waals surface area contributed by atoms with E-state index in [2.05, 4.69) is 9.97 Å². The van der Waals surface area contributed by atoms with Gasteiger partial charge in [0.05, 0.1) is 17.1 Å². The zero-order chi connectivity index (χ0) is 16.7. The molecule has 1 aliphatic heterocycles. The number of imidazole rings is 1. The summed E-state index contributed by atoms with van der Waals surface area (Å²) in [5.74, 6) is -0.108. The standard InChI is InChI=1S/C18H17N3O3/c22-16-7-8-21(10-12-3-1-2-4-13(12)16)17(23)11-5-6-14-15(9-11)20-18(24)19-14/h1-6,9,16,22H,7-8,10H2,(H2,19,20,24). The summed E-state index contributed by atoms with van der Waals surface area (Å²) < 4.78 is 0. The molecular formula is C18H17N3O3. The molecule has 0 saturated carbocycles. The van der Waals surface area contributed by atoms with Crippen molar-refractivity contribution in [1.82, 2.24) is 14.9 Å². The van der Waals surface area contributed by atoms with E-state index in [9.17, 15) is 14.7 Å². The number of aromatic nitrogens is 2. The number of benzene rings is 2. The first-order chi connectivity index (χ1) is 11.6. The summed E-state index contributed by atoms with van der Waals surface area (Å²) in [5, 5.41) is 10.3. The molecule has 2 aromatic carbocycles. The minimum absolute atomic E-state index is 0.108. The molecule has 0 spiro atoms. The molecule has 0 bridgehead atoms. The Balaban J connectivity index is 1.67. The van der Waals surface area contributed by atoms with E-state index in [0.29, 0.717) is 36.1 Å². The van der Waals surface area contributed by atoms with Crippen LogP contribution in [0.5, 0.6) is 0 Å². The lowest BCUT2D eigenvalue weighted by atomic mass is 10.0. The van der Waals surface area contributed by atoms with E-state index in [0.717, 1.165) is 11.1 Å². The maximum Gasteiger partial charge on any atom is 0.323 e. The van der Waals surface area contributed by atoms with Gasteiger partial charge in [-0.3, -0.25) is 4.79 Å². The van der Waals surface area contributed by atoms with Gasteiger partial charge in [-0.05, 0) is 35.7 Å². The summed E-state index contributed by atoms with van der Waals surface area (Å²) in [6.07, 6.45) is -0.0473. The average molecular weight is 323 g/mol. The van der Waals surface area contributed by atoms with Crippen molar-refractivity contribution in [2.45, 2.75) is 19.1 Å². The second-order valence-electron chi connectivity index (χ2n) is 6.07. The van der Waals surface area contributed by atoms with E-state index in [1.807, 2.05) is 24.3 Å². The molecule has 24 heavy (non-hydrogen) atoms. The van der Waals surface area contributed by atoms with E-state index in [-0.39, 0.29) is 11.6 Å². The van der Waals surface area contributed by atoms with Gasteiger partial charge in [-0.25, -0.2) is 4.79 Å². The second kappa shape index (κ2) is 5.65. The number of rotatable bonds is 1. The molecule has 1 amide bonds. The Bertz CT molecular complexity index is 973. The van der Waals surface area contributed by atoms with Gasteiger partial charge in [0.2, 0.25) is 0 Å². The third-order valence-corrected chi connectivity index (χ3v) is 4.50. The minimum Gasteiger partial charge on any atom is -0.388 e. The molecule has 1 unspecified atom stereocenters. The Morgan fingerprint density at radius 2 is 1.92 bits per heavy atom. The topological polar surface area (TPSA) is 89.2 Å². The van der Waals surface area contributed by atoms with Crippen molar-refractivity contribution in [3.05, 3.63) is 69.6 Å². The van der Waals surface area contributed by atoms with Crippen LogP contribution < -0.4 is 5.69 Å². The summed E-state index contributed by atoms with van der Waals surface area (Å²) in [6, 6.07) is 12.8. The summed E-state index contributed by atoms with van der Waals surface area (Å²) in [5.41, 5.74) is 3.37. The number of aliphatic hydroxyl groups is 1. The lowest BCUT2D eigenvalue weighted by Gasteiger charge is -2.21. The number of carbonyl (C=O) groups is 1. The molecule has 0 saturated heterocycles. The fourth-order valence-corrected chi connectivity index (χ4v) is 3.24. The quantitative estimate of drug-likeness (QED) is 0.639. The largest absolute Gasteiger partial charge is 0.388 e. The summed E-state index contributed by atoms with van der Waals surface area (Å²) >= 11 is 0. The molecule has 6 heteroatoms. The number of amides is 1. The number of aromatic amines is 2. The number of hydrogen-bond acceptors (Lipinski definition) is 3. The van der Waals surface area contributed by atoms with Crippen LogP contribution in [-0.4, -0.2) is 32.4 Å². The molecule has 6 nitrogen and oxygen atoms in total. The molecular weight excluding hydrogens is 306 g/mol. The molecule has 1 aromatic heterocycles. The van der Waals surface area contributed by atoms with E-state index in [1.165, 1.54) is 0 Å². The van der Waals surface area contributed by atoms with Crippen LogP contribution in [-0.2, 0) is 6.54 Å². The van der Waals surface area contributed by atoms with Crippen molar-refractivity contribution < 1.29 is 9.90 Å². The van der Waals surface area contributed by atoms with Crippen LogP contribution in [0.25, 0.3) is 11.0 Å². The number of carbonyl (C=O) groups excluding carboxylic acids is 1. The Morgan fingerprint density at radius 1 is 1.12 bits per heavy atom. The van der Waals surface area contributed by atoms with Crippen molar-refractivity contribution in [2.24, 2.45) is 0 Å². The van der Waals surface area contributed by atoms with Gasteiger partial charge in [-0.1, -0.05) is 24.3 Å². The zero-order valence-electron chi connectivity index (χ0n) is 13.0. The first-order valence-corrected chi connectivity index (χ1v) is 7.89. The van der Waals surface area contributed by atoms with Crippen molar-refractivity contribution in [1.29, 1.82) is 0 Å². The highest BCUT2D eigenvalue weighted by Crippen LogP contribution is 2.27. The smallest absolute Gasteiger partial charge is 0.323 e. The predicted octanol–water partition coefficient (Wildman–Crippen LogP) is 1.94. The van der Waals surface area contributed by atoms with E-state index in [1.54, 1.807) is 23.1 Å². The van der Waals surface area contributed by atoms with Crippen LogP contribution in [0.15, 0.2) is 47.3 Å². The van der Waals surface area contributed by atoms with Crippen LogP contribution in [0, 0.1) is 0 Å². The van der Waals surface area contributed by atoms with E-state index < -0.39 is 6.10 Å². The summed E-state index contributed by atoms with van der Waals surface area (Å²) in [6.45, 7) is 0.949. The van der Waals surface area contributed by atoms with Gasteiger partial charge in [0.1, 0.15) is 0 Å². The molecule has 4 rings (SSSR count). The van der Waals surface area contributed by atoms with Gasteiger partial charge in [-0.15, -0.1) is 0 Å². The maximum absolute atomic E-state index is 12.9. The normalized spacial score (nSPS) is 17.5. The highest BCUT2D eigenvalue weighted by atomic mass is 16.3. The van der Waals surface area contributed by atoms with Gasteiger partial charge in [0.15, 0.2) is 0 Å². The predicted molar refractivity (Wildman–Crippen MR) is 89.7 cm³/mol. The molecule has 0 aliphatic carbocycles. The Kier molecular flexibility index (Phi) is 3.46. The van der Waals surface area contributed by atoms with Gasteiger partial charge in [0, 0.05) is 18.7 Å². The number of nitrogens with one attached hydrogen (secondary N) is 2. The molecule has 3 N–H and O–H groups in total. The van der Waals surface area contributed by atoms with Crippen molar-refractivity contribution in [3.63, 3.8) is 0 Å². The van der Waals surface area contributed by atoms with Crippen molar-refractivity contribution in [3.8, 4) is 0 Å². The molecule has 1 atom stereocenters. The molecule has 2 heterocycles. The lowest BCUT2D eigenvalue weighted by molar-refractivity contribution is 0.0723. The highest BCUT2D eigenvalue weighted by molar-refractivity contribution is 5.97. The van der Waals surface area contributed by atoms with Crippen LogP contribution in [0.2, 0.25) is 0 Å². The van der Waals surface area contributed by atoms with E-state index in [4.69, 9.17) is 0 Å². The molecule has 1 aliphatic rings. The highest BCUT2D eigenvalue weighted by Gasteiger charge is 2.24. The minimum atomic E-state index is -0.553. The Labute approximate surface area is 137 Å². The van der Waals surface area contributed by atoms with E-state index >= 15 is 0 Å². The number of hydrogen-bond donors (Lipinski definition) is 3. The Hall–Kier alpha value is -2.86. The maximum atomic E-state index is 12.9. The SMILES string of the molecule is O=C(c1ccc2[nH]c(=O)[nH]c2c1)N1CCC(O)c2ccccc2C1. The fraction of sp³-hybridized carbons (Fsp3) is 0.222. The summed E-state index contributed by atoms with van der Waals surface area (Å²) in [4.78, 5) is 31.3. The number of H-pyrrole nitrogens is 2. The van der Waals surface area contributed by atoms with Gasteiger partial charge in [-0.2, -0.15) is 0 Å². The molecule has 0 fully saturated rings. The summed E-state index contributed by atoms with van der Waals surface area (Å²) in [7, 11) is 0. The zero-order valence-corrected chi connectivity index (χ0v) is 13.0. The van der Waals surface area contributed by atoms with Crippen LogP contribution >= 0.6 is 0 Å². The molecule has 0 radical (unpaired) electrons. The second-order valence-corrected chi connectivity index (χ2v) is 6.07. The van der Waals surface area contributed by atoms with Gasteiger partial charge >= 0.3 is 5.69 Å². The molecule has 122 valence electrons. The van der Waals surface area contributed by atoms with Crippen LogP contribution in [0.1, 0.15) is 34.0 Å². The average Bonchev–Trinajstić information content (AvgIpc) is 2.88. The van der Waals surface area contributed by atoms with Gasteiger partial charge < -0.3 is 20.0 Å².